The first-order chi connectivity index (χ1) is 51.3. The topological polar surface area (TPSA) is 307 Å². The average molecular weight is 1480 g/mol. The van der Waals surface area contributed by atoms with Gasteiger partial charge in [0, 0.05) is 6.42 Å². The number of aliphatic hydroxyl groups is 11. The number of hydrogen-bond donors (Lipinski definition) is 12. The molecule has 12 N–H and O–H groups in total. The molecule has 0 aromatic heterocycles. The number of carbonyl (C=O) groups is 1. The Hall–Kier alpha value is -4.33. The zero-order valence-corrected chi connectivity index (χ0v) is 64.1. The van der Waals surface area contributed by atoms with Crippen molar-refractivity contribution in [1.29, 1.82) is 0 Å². The molecular formula is C86H143NO18. The number of amides is 1. The fourth-order valence-corrected chi connectivity index (χ4v) is 12.7. The first-order valence-electron chi connectivity index (χ1n) is 40.6. The van der Waals surface area contributed by atoms with Crippen molar-refractivity contribution in [1.82, 2.24) is 5.32 Å². The number of unbranched alkanes of at least 4 members (excludes halogenated alkanes) is 22. The van der Waals surface area contributed by atoms with Crippen LogP contribution in [0.1, 0.15) is 258 Å². The molecule has 0 aromatic carbocycles. The Balaban J connectivity index is 1.38. The third-order valence-electron chi connectivity index (χ3n) is 19.2. The van der Waals surface area contributed by atoms with E-state index in [0.717, 1.165) is 109 Å². The molecule has 17 unspecified atom stereocenters. The van der Waals surface area contributed by atoms with Crippen LogP contribution < -0.4 is 5.32 Å². The van der Waals surface area contributed by atoms with Crippen molar-refractivity contribution < 1.29 is 89.4 Å². The van der Waals surface area contributed by atoms with Crippen molar-refractivity contribution in [2.75, 3.05) is 26.4 Å². The Labute approximate surface area is 632 Å². The van der Waals surface area contributed by atoms with Gasteiger partial charge in [-0.15, -0.1) is 0 Å². The standard InChI is InChI=1S/C86H143NO18/c1-3-5-7-9-11-13-15-17-19-21-23-25-26-27-28-29-30-31-32-33-34-35-36-37-38-39-40-41-42-44-46-48-50-52-54-56-58-60-62-64-74(92)87-69(70(91)63-61-59-57-55-53-51-49-47-45-43-24-22-20-18-16-14-12-10-8-6-4-2)68-100-84-80(98)77(95)82(72(66-89)102-84)105-86-81(99)78(96)83(73(67-90)103-86)104-85-79(97)76(94)75(93)71(65-88)101-85/h5,7,11,13,17,19,23,25,27-28,30-31,33-34,36-37,39-40,42,44,48,50,54,56,69-73,75-86,88-91,93-99H,3-4,6,8-10,12,14-16,18,20-22,24,26,29,32,35,38,41,43,45-47,49,51-53,55,57-68H2,1-2H3,(H,87,92)/b7-5-,13-11-,19-17-,25-23-,28-27-,31-30-,34-33-,37-36-,40-39-,44-42-,50-48-,56-54-. The van der Waals surface area contributed by atoms with Gasteiger partial charge in [-0.1, -0.05) is 295 Å². The van der Waals surface area contributed by atoms with E-state index in [2.05, 4.69) is 165 Å². The highest BCUT2D eigenvalue weighted by Gasteiger charge is 2.54. The summed E-state index contributed by atoms with van der Waals surface area (Å²) in [5, 5.41) is 121. The molecule has 0 saturated carbocycles. The lowest BCUT2D eigenvalue weighted by Gasteiger charge is -2.48. The summed E-state index contributed by atoms with van der Waals surface area (Å²) >= 11 is 0. The predicted molar refractivity (Wildman–Crippen MR) is 419 cm³/mol. The molecule has 3 aliphatic heterocycles. The minimum Gasteiger partial charge on any atom is -0.394 e. The van der Waals surface area contributed by atoms with E-state index in [1.807, 2.05) is 0 Å². The molecule has 19 heteroatoms. The van der Waals surface area contributed by atoms with Crippen molar-refractivity contribution in [3.63, 3.8) is 0 Å². The highest BCUT2D eigenvalue weighted by atomic mass is 16.8. The van der Waals surface area contributed by atoms with Gasteiger partial charge in [0.1, 0.15) is 73.2 Å². The lowest BCUT2D eigenvalue weighted by atomic mass is 9.96. The minimum absolute atomic E-state index is 0.202. The highest BCUT2D eigenvalue weighted by Crippen LogP contribution is 2.33. The molecule has 3 saturated heterocycles. The van der Waals surface area contributed by atoms with Gasteiger partial charge in [0.05, 0.1) is 38.6 Å². The number of ether oxygens (including phenoxy) is 6. The molecule has 3 fully saturated rings. The SMILES string of the molecule is CC/C=C\C/C=C\C/C=C\C/C=C\C/C=C\C/C=C\C/C=C\C/C=C\C/C=C\C/C=C\C/C=C\C/C=C\CCCCC(=O)NC(COC1OC(CO)C(OC2OC(CO)C(OC3OC(CO)C(O)C(O)C3O)C(O)C2O)C(O)C1O)C(O)CCCCCCCCCCCCCCCCCCCCCCC. The molecular weight excluding hydrogens is 1330 g/mol. The van der Waals surface area contributed by atoms with Crippen molar-refractivity contribution >= 4 is 5.91 Å². The van der Waals surface area contributed by atoms with E-state index in [4.69, 9.17) is 28.4 Å². The number of aliphatic hydroxyl groups excluding tert-OH is 11. The molecule has 3 rings (SSSR count). The van der Waals surface area contributed by atoms with Gasteiger partial charge in [0.15, 0.2) is 18.9 Å². The van der Waals surface area contributed by atoms with Gasteiger partial charge in [0.25, 0.3) is 0 Å². The van der Waals surface area contributed by atoms with E-state index in [-0.39, 0.29) is 18.9 Å². The van der Waals surface area contributed by atoms with Crippen LogP contribution in [0.3, 0.4) is 0 Å². The number of rotatable bonds is 62. The van der Waals surface area contributed by atoms with Crippen LogP contribution in [0.25, 0.3) is 0 Å². The highest BCUT2D eigenvalue weighted by molar-refractivity contribution is 5.76. The van der Waals surface area contributed by atoms with Crippen LogP contribution >= 0.6 is 0 Å². The van der Waals surface area contributed by atoms with Gasteiger partial charge in [-0.05, 0) is 103 Å². The largest absolute Gasteiger partial charge is 0.394 e. The zero-order valence-electron chi connectivity index (χ0n) is 64.1. The van der Waals surface area contributed by atoms with Crippen molar-refractivity contribution in [3.05, 3.63) is 146 Å². The normalized spacial score (nSPS) is 26.6. The number of carbonyl (C=O) groups excluding carboxylic acids is 1. The minimum atomic E-state index is -1.98. The third kappa shape index (κ3) is 44.2. The van der Waals surface area contributed by atoms with E-state index in [9.17, 15) is 61.0 Å². The molecule has 0 aliphatic carbocycles. The Kier molecular flexibility index (Phi) is 58.3. The van der Waals surface area contributed by atoms with Crippen LogP contribution in [0.15, 0.2) is 146 Å². The first-order valence-corrected chi connectivity index (χ1v) is 40.6. The Morgan fingerprint density at radius 2 is 0.657 bits per heavy atom. The average Bonchev–Trinajstić information content (AvgIpc) is 0.780. The molecule has 0 aromatic rings. The first kappa shape index (κ1) is 94.9. The molecule has 1 amide bonds. The Morgan fingerprint density at radius 3 is 1.01 bits per heavy atom. The molecule has 600 valence electrons. The summed E-state index contributed by atoms with van der Waals surface area (Å²) in [7, 11) is 0. The number of hydrogen-bond acceptors (Lipinski definition) is 18. The van der Waals surface area contributed by atoms with Crippen molar-refractivity contribution in [3.8, 4) is 0 Å². The fourth-order valence-electron chi connectivity index (χ4n) is 12.7. The summed E-state index contributed by atoms with van der Waals surface area (Å²) in [5.41, 5.74) is 0. The van der Waals surface area contributed by atoms with Gasteiger partial charge in [0.2, 0.25) is 5.91 Å². The summed E-state index contributed by atoms with van der Waals surface area (Å²) in [6.07, 6.45) is 66.4. The second-order valence-corrected chi connectivity index (χ2v) is 28.2. The predicted octanol–water partition coefficient (Wildman–Crippen LogP) is 13.8. The number of allylic oxidation sites excluding steroid dienone is 24. The monoisotopic (exact) mass is 1480 g/mol. The number of nitrogens with one attached hydrogen (secondary N) is 1. The Bertz CT molecular complexity index is 2470. The van der Waals surface area contributed by atoms with Crippen molar-refractivity contribution in [2.45, 2.75) is 362 Å². The third-order valence-corrected chi connectivity index (χ3v) is 19.2. The summed E-state index contributed by atoms with van der Waals surface area (Å²) in [6, 6.07) is -0.923. The van der Waals surface area contributed by atoms with E-state index in [1.54, 1.807) is 0 Å². The van der Waals surface area contributed by atoms with Gasteiger partial charge in [-0.3, -0.25) is 4.79 Å². The van der Waals surface area contributed by atoms with Gasteiger partial charge in [-0.2, -0.15) is 0 Å². The van der Waals surface area contributed by atoms with E-state index in [0.29, 0.717) is 19.3 Å². The van der Waals surface area contributed by atoms with E-state index in [1.165, 1.54) is 109 Å². The quantitative estimate of drug-likeness (QED) is 0.0199. The molecule has 105 heavy (non-hydrogen) atoms. The van der Waals surface area contributed by atoms with Crippen LogP contribution in [0.4, 0.5) is 0 Å². The van der Waals surface area contributed by atoms with Crippen LogP contribution in [0.5, 0.6) is 0 Å². The fraction of sp³-hybridized carbons (Fsp3) is 0.709. The molecule has 0 radical (unpaired) electrons. The van der Waals surface area contributed by atoms with E-state index >= 15 is 0 Å². The summed E-state index contributed by atoms with van der Waals surface area (Å²) in [5.74, 6) is -0.289. The summed E-state index contributed by atoms with van der Waals surface area (Å²) in [4.78, 5) is 13.5. The summed E-state index contributed by atoms with van der Waals surface area (Å²) in [6.45, 7) is 1.66. The van der Waals surface area contributed by atoms with Crippen LogP contribution in [-0.2, 0) is 33.2 Å². The molecule has 17 atom stereocenters. The maximum Gasteiger partial charge on any atom is 0.220 e. The van der Waals surface area contributed by atoms with Gasteiger partial charge >= 0.3 is 0 Å². The lowest BCUT2D eigenvalue weighted by molar-refractivity contribution is -0.379. The second-order valence-electron chi connectivity index (χ2n) is 28.2. The maximum atomic E-state index is 13.5. The van der Waals surface area contributed by atoms with Gasteiger partial charge < -0.3 is 89.9 Å². The zero-order chi connectivity index (χ0) is 76.0. The molecule has 19 nitrogen and oxygen atoms in total. The molecule has 3 heterocycles. The second kappa shape index (κ2) is 64.5. The maximum absolute atomic E-state index is 13.5. The molecule has 0 bridgehead atoms. The van der Waals surface area contributed by atoms with E-state index < -0.39 is 124 Å². The lowest BCUT2D eigenvalue weighted by Crippen LogP contribution is -2.66. The van der Waals surface area contributed by atoms with Crippen LogP contribution in [0, 0.1) is 0 Å². The smallest absolute Gasteiger partial charge is 0.220 e. The molecule has 3 aliphatic rings. The summed E-state index contributed by atoms with van der Waals surface area (Å²) < 4.78 is 34.5. The van der Waals surface area contributed by atoms with Crippen LogP contribution in [-0.4, -0.2) is 193 Å². The van der Waals surface area contributed by atoms with Crippen molar-refractivity contribution in [2.24, 2.45) is 0 Å². The van der Waals surface area contributed by atoms with Gasteiger partial charge in [-0.25, -0.2) is 0 Å². The van der Waals surface area contributed by atoms with Crippen LogP contribution in [0.2, 0.25) is 0 Å². The molecule has 0 spiro atoms. The Morgan fingerprint density at radius 1 is 0.352 bits per heavy atom.